The van der Waals surface area contributed by atoms with Gasteiger partial charge < -0.3 is 10.2 Å². The third-order valence-corrected chi connectivity index (χ3v) is 5.81. The van der Waals surface area contributed by atoms with Crippen molar-refractivity contribution in [2.45, 2.75) is 52.4 Å². The molecule has 8 nitrogen and oxygen atoms in total. The second-order valence-corrected chi connectivity index (χ2v) is 8.84. The molecule has 0 fully saturated rings. The van der Waals surface area contributed by atoms with Gasteiger partial charge in [0.2, 0.25) is 5.91 Å². The number of halogens is 3. The number of rotatable bonds is 6. The van der Waals surface area contributed by atoms with E-state index in [1.807, 2.05) is 32.7 Å². The van der Waals surface area contributed by atoms with Crippen LogP contribution in [0.3, 0.4) is 0 Å². The Bertz CT molecular complexity index is 1210. The molecule has 0 radical (unpaired) electrons. The molecule has 1 aliphatic heterocycles. The molecule has 1 amide bonds. The molecule has 4 heterocycles. The second-order valence-electron chi connectivity index (χ2n) is 8.84. The van der Waals surface area contributed by atoms with Crippen molar-refractivity contribution in [3.63, 3.8) is 0 Å². The van der Waals surface area contributed by atoms with Crippen LogP contribution in [-0.2, 0) is 30.4 Å². The molecule has 1 N–H and O–H groups in total. The third-order valence-electron chi connectivity index (χ3n) is 5.81. The number of likely N-dealkylation sites (N-methyl/N-ethyl adjacent to an activating group) is 1. The second kappa shape index (κ2) is 9.03. The number of nitrogens with zero attached hydrogens (tertiary/aromatic N) is 6. The quantitative estimate of drug-likeness (QED) is 0.588. The van der Waals surface area contributed by atoms with Crippen molar-refractivity contribution in [3.8, 4) is 0 Å². The van der Waals surface area contributed by atoms with E-state index in [4.69, 9.17) is 4.98 Å². The molecular formula is C23H26F3N7O. The van der Waals surface area contributed by atoms with Crippen molar-refractivity contribution in [1.82, 2.24) is 24.7 Å². The molecule has 11 heteroatoms. The van der Waals surface area contributed by atoms with E-state index in [9.17, 15) is 18.0 Å². The predicted molar refractivity (Wildman–Crippen MR) is 120 cm³/mol. The number of pyridine rings is 1. The molecule has 0 saturated heterocycles. The summed E-state index contributed by atoms with van der Waals surface area (Å²) < 4.78 is 40.3. The lowest BCUT2D eigenvalue weighted by Crippen LogP contribution is -2.49. The number of carbonyl (C=O) groups is 1. The fourth-order valence-corrected chi connectivity index (χ4v) is 4.18. The minimum Gasteiger partial charge on any atom is -0.346 e. The highest BCUT2D eigenvalue weighted by Crippen LogP contribution is 2.33. The molecule has 1 aliphatic rings. The summed E-state index contributed by atoms with van der Waals surface area (Å²) in [6.45, 7) is 6.02. The highest BCUT2D eigenvalue weighted by atomic mass is 19.4. The maximum Gasteiger partial charge on any atom is 0.417 e. The summed E-state index contributed by atoms with van der Waals surface area (Å²) >= 11 is 0. The molecule has 0 bridgehead atoms. The number of hydrogen-bond donors (Lipinski definition) is 1. The SMILES string of the molecule is Cc1nc(CCc2cnn(Cc3cncc(C(F)(F)F)c3)c2)nc2c1NC(=O)[C@H](C(C)C)N2C. The molecule has 3 aromatic rings. The molecule has 0 aliphatic carbocycles. The number of nitrogens with one attached hydrogen (secondary N) is 1. The van der Waals surface area contributed by atoms with E-state index in [2.05, 4.69) is 20.4 Å². The van der Waals surface area contributed by atoms with Crippen molar-refractivity contribution >= 4 is 17.4 Å². The minimum atomic E-state index is -4.43. The molecule has 3 aromatic heterocycles. The molecule has 0 spiro atoms. The fraction of sp³-hybridized carbons (Fsp3) is 0.435. The number of aryl methyl sites for hydroxylation is 3. The Hall–Kier alpha value is -3.50. The Morgan fingerprint density at radius 1 is 1.12 bits per heavy atom. The predicted octanol–water partition coefficient (Wildman–Crippen LogP) is 3.64. The third kappa shape index (κ3) is 4.87. The Morgan fingerprint density at radius 2 is 1.88 bits per heavy atom. The summed E-state index contributed by atoms with van der Waals surface area (Å²) in [5, 5.41) is 7.20. The van der Waals surface area contributed by atoms with Crippen LogP contribution in [0, 0.1) is 12.8 Å². The molecule has 0 unspecified atom stereocenters. The summed E-state index contributed by atoms with van der Waals surface area (Å²) in [4.78, 5) is 27.3. The van der Waals surface area contributed by atoms with Gasteiger partial charge in [-0.25, -0.2) is 9.97 Å². The van der Waals surface area contributed by atoms with Crippen LogP contribution in [0.4, 0.5) is 24.7 Å². The molecule has 0 saturated carbocycles. The van der Waals surface area contributed by atoms with Gasteiger partial charge in [-0.2, -0.15) is 18.3 Å². The van der Waals surface area contributed by atoms with Crippen molar-refractivity contribution in [3.05, 3.63) is 59.1 Å². The van der Waals surface area contributed by atoms with Crippen LogP contribution in [0.5, 0.6) is 0 Å². The Kier molecular flexibility index (Phi) is 6.28. The van der Waals surface area contributed by atoms with Gasteiger partial charge >= 0.3 is 6.18 Å². The number of amides is 1. The van der Waals surface area contributed by atoms with Crippen molar-refractivity contribution in [2.75, 3.05) is 17.3 Å². The number of aromatic nitrogens is 5. The van der Waals surface area contributed by atoms with Gasteiger partial charge in [-0.1, -0.05) is 13.8 Å². The average molecular weight is 474 g/mol. The summed E-state index contributed by atoms with van der Waals surface area (Å²) in [6.07, 6.45) is 2.43. The smallest absolute Gasteiger partial charge is 0.346 e. The Balaban J connectivity index is 1.45. The summed E-state index contributed by atoms with van der Waals surface area (Å²) in [5.74, 6) is 1.41. The highest BCUT2D eigenvalue weighted by Gasteiger charge is 2.35. The van der Waals surface area contributed by atoms with Crippen molar-refractivity contribution in [1.29, 1.82) is 0 Å². The van der Waals surface area contributed by atoms with Crippen molar-refractivity contribution < 1.29 is 18.0 Å². The molecule has 180 valence electrons. The van der Waals surface area contributed by atoms with E-state index in [0.717, 1.165) is 17.8 Å². The van der Waals surface area contributed by atoms with Gasteiger partial charge in [0.15, 0.2) is 5.82 Å². The van der Waals surface area contributed by atoms with E-state index in [1.54, 1.807) is 17.1 Å². The van der Waals surface area contributed by atoms with Gasteiger partial charge in [0.05, 0.1) is 24.0 Å². The first-order valence-corrected chi connectivity index (χ1v) is 11.0. The molecule has 1 atom stereocenters. The van der Waals surface area contributed by atoms with Gasteiger partial charge in [-0.3, -0.25) is 14.5 Å². The number of hydrogen-bond acceptors (Lipinski definition) is 6. The first-order chi connectivity index (χ1) is 16.0. The van der Waals surface area contributed by atoms with Crippen LogP contribution >= 0.6 is 0 Å². The zero-order chi connectivity index (χ0) is 24.6. The first-order valence-electron chi connectivity index (χ1n) is 11.0. The van der Waals surface area contributed by atoms with Gasteiger partial charge in [-0.05, 0) is 36.5 Å². The molecule has 34 heavy (non-hydrogen) atoms. The molecule has 4 rings (SSSR count). The van der Waals surface area contributed by atoms with Gasteiger partial charge in [-0.15, -0.1) is 0 Å². The normalized spacial score (nSPS) is 16.1. The first kappa shape index (κ1) is 23.7. The fourth-order valence-electron chi connectivity index (χ4n) is 4.18. The number of anilines is 2. The lowest BCUT2D eigenvalue weighted by atomic mass is 9.99. The zero-order valence-electron chi connectivity index (χ0n) is 19.4. The van der Waals surface area contributed by atoms with Crippen LogP contribution < -0.4 is 10.2 Å². The maximum absolute atomic E-state index is 12.9. The summed E-state index contributed by atoms with van der Waals surface area (Å²) in [6, 6.07) is 0.774. The Morgan fingerprint density at radius 3 is 2.59 bits per heavy atom. The molecule has 0 aromatic carbocycles. The van der Waals surface area contributed by atoms with Crippen molar-refractivity contribution in [2.24, 2.45) is 5.92 Å². The molecular weight excluding hydrogens is 447 g/mol. The van der Waals surface area contributed by atoms with Gasteiger partial charge in [0.25, 0.3) is 0 Å². The van der Waals surface area contributed by atoms with Crippen LogP contribution in [0.25, 0.3) is 0 Å². The van der Waals surface area contributed by atoms with Gasteiger partial charge in [0, 0.05) is 32.1 Å². The lowest BCUT2D eigenvalue weighted by Gasteiger charge is -2.36. The Labute approximate surface area is 195 Å². The standard InChI is InChI=1S/C23H26F3N7O/c1-13(2)20-22(34)31-19-14(3)29-18(30-21(19)32(20)4)6-5-15-9-28-33(11-15)12-16-7-17(10-27-8-16)23(24,25)26/h7-11,13,20H,5-6,12H2,1-4H3,(H,31,34)/t20-/m0/s1. The van der Waals surface area contributed by atoms with E-state index >= 15 is 0 Å². The monoisotopic (exact) mass is 473 g/mol. The summed E-state index contributed by atoms with van der Waals surface area (Å²) in [5.41, 5.74) is 1.90. The number of fused-ring (bicyclic) bond motifs is 1. The van der Waals surface area contributed by atoms with E-state index in [-0.39, 0.29) is 24.4 Å². The minimum absolute atomic E-state index is 0.0622. The van der Waals surface area contributed by atoms with Gasteiger partial charge in [0.1, 0.15) is 17.6 Å². The van der Waals surface area contributed by atoms with E-state index in [0.29, 0.717) is 41.4 Å². The van der Waals surface area contributed by atoms with E-state index < -0.39 is 11.7 Å². The largest absolute Gasteiger partial charge is 0.417 e. The number of carbonyl (C=O) groups excluding carboxylic acids is 1. The number of alkyl halides is 3. The van der Waals surface area contributed by atoms with E-state index in [1.165, 1.54) is 6.20 Å². The zero-order valence-corrected chi connectivity index (χ0v) is 19.4. The highest BCUT2D eigenvalue weighted by molar-refractivity contribution is 6.03. The summed E-state index contributed by atoms with van der Waals surface area (Å²) in [7, 11) is 1.87. The topological polar surface area (TPSA) is 88.8 Å². The van der Waals surface area contributed by atoms with Crippen LogP contribution in [0.1, 0.15) is 42.1 Å². The maximum atomic E-state index is 12.9. The van der Waals surface area contributed by atoms with Crippen LogP contribution in [-0.4, -0.2) is 43.7 Å². The van der Waals surface area contributed by atoms with Crippen LogP contribution in [0.15, 0.2) is 30.9 Å². The average Bonchev–Trinajstić information content (AvgIpc) is 3.20. The lowest BCUT2D eigenvalue weighted by molar-refractivity contribution is -0.137. The van der Waals surface area contributed by atoms with Crippen LogP contribution in [0.2, 0.25) is 0 Å².